The molecule has 0 bridgehead atoms. The summed E-state index contributed by atoms with van der Waals surface area (Å²) in [6.45, 7) is 5.20. The number of carbonyl (C=O) groups is 2. The molecule has 1 aromatic carbocycles. The van der Waals surface area contributed by atoms with Gasteiger partial charge in [0.15, 0.2) is 9.84 Å². The monoisotopic (exact) mass is 499 g/mol. The fourth-order valence-electron chi connectivity index (χ4n) is 2.86. The molecule has 2 heterocycles. The van der Waals surface area contributed by atoms with E-state index in [9.17, 15) is 18.0 Å². The molecule has 11 heteroatoms. The minimum Gasteiger partial charge on any atom is -0.475 e. The van der Waals surface area contributed by atoms with Crippen molar-refractivity contribution >= 4 is 27.5 Å². The maximum Gasteiger partial charge on any atom is 0.339 e. The van der Waals surface area contributed by atoms with Gasteiger partial charge in [-0.2, -0.15) is 4.98 Å². The Morgan fingerprint density at radius 2 is 1.69 bits per heavy atom. The zero-order valence-electron chi connectivity index (χ0n) is 19.6. The van der Waals surface area contributed by atoms with Crippen molar-refractivity contribution in [1.82, 2.24) is 9.97 Å². The lowest BCUT2D eigenvalue weighted by atomic mass is 10.2. The summed E-state index contributed by atoms with van der Waals surface area (Å²) in [7, 11) is -2.08. The van der Waals surface area contributed by atoms with Crippen molar-refractivity contribution in [3.05, 3.63) is 65.9 Å². The minimum absolute atomic E-state index is 0.0118. The molecule has 0 spiro atoms. The molecule has 0 aliphatic heterocycles. The second-order valence-corrected chi connectivity index (χ2v) is 9.83. The number of carbonyl (C=O) groups excluding carboxylic acids is 2. The maximum absolute atomic E-state index is 12.9. The number of ether oxygens (including phenoxy) is 3. The number of nitrogens with one attached hydrogen (secondary N) is 1. The van der Waals surface area contributed by atoms with Gasteiger partial charge in [-0.3, -0.25) is 4.79 Å². The third-order valence-electron chi connectivity index (χ3n) is 4.61. The first-order valence-corrected chi connectivity index (χ1v) is 12.3. The van der Waals surface area contributed by atoms with Crippen LogP contribution in [-0.4, -0.2) is 49.2 Å². The Labute approximate surface area is 203 Å². The first-order chi connectivity index (χ1) is 16.6. The van der Waals surface area contributed by atoms with Gasteiger partial charge >= 0.3 is 5.97 Å². The van der Waals surface area contributed by atoms with Gasteiger partial charge in [0.1, 0.15) is 11.6 Å². The summed E-state index contributed by atoms with van der Waals surface area (Å²) >= 11 is 0. The van der Waals surface area contributed by atoms with E-state index in [1.165, 1.54) is 61.8 Å². The van der Waals surface area contributed by atoms with Crippen LogP contribution in [-0.2, 0) is 14.6 Å². The third-order valence-corrected chi connectivity index (χ3v) is 6.36. The number of hydrogen-bond acceptors (Lipinski definition) is 9. The van der Waals surface area contributed by atoms with Crippen LogP contribution in [0.3, 0.4) is 0 Å². The molecule has 35 heavy (non-hydrogen) atoms. The Morgan fingerprint density at radius 1 is 1.00 bits per heavy atom. The first-order valence-electron chi connectivity index (χ1n) is 10.7. The van der Waals surface area contributed by atoms with Crippen molar-refractivity contribution in [3.8, 4) is 17.5 Å². The number of esters is 1. The van der Waals surface area contributed by atoms with Gasteiger partial charge in [-0.25, -0.2) is 18.2 Å². The quantitative estimate of drug-likeness (QED) is 0.435. The Balaban J connectivity index is 1.84. The van der Waals surface area contributed by atoms with Crippen LogP contribution in [0.2, 0.25) is 0 Å². The molecule has 184 valence electrons. The summed E-state index contributed by atoms with van der Waals surface area (Å²) in [5.74, 6) is -0.255. The molecular formula is C24H25N3O7S. The van der Waals surface area contributed by atoms with E-state index in [1.807, 2.05) is 13.8 Å². The maximum atomic E-state index is 12.9. The van der Waals surface area contributed by atoms with Crippen LogP contribution >= 0.6 is 0 Å². The highest BCUT2D eigenvalue weighted by atomic mass is 32.2. The van der Waals surface area contributed by atoms with E-state index in [2.05, 4.69) is 20.0 Å². The smallest absolute Gasteiger partial charge is 0.339 e. The lowest BCUT2D eigenvalue weighted by Crippen LogP contribution is -2.15. The van der Waals surface area contributed by atoms with Crippen molar-refractivity contribution in [2.24, 2.45) is 0 Å². The Bertz CT molecular complexity index is 1310. The molecule has 10 nitrogen and oxygen atoms in total. The van der Waals surface area contributed by atoms with Crippen molar-refractivity contribution < 1.29 is 32.2 Å². The molecule has 0 atom stereocenters. The largest absolute Gasteiger partial charge is 0.475 e. The summed E-state index contributed by atoms with van der Waals surface area (Å²) in [6.07, 6.45) is 1.08. The number of methoxy groups -OCH3 is 1. The Hall–Kier alpha value is -3.99. The van der Waals surface area contributed by atoms with Gasteiger partial charge < -0.3 is 19.5 Å². The van der Waals surface area contributed by atoms with Gasteiger partial charge in [-0.1, -0.05) is 6.92 Å². The molecule has 0 radical (unpaired) electrons. The number of hydrogen-bond donors (Lipinski definition) is 1. The lowest BCUT2D eigenvalue weighted by molar-refractivity contribution is 0.0600. The Morgan fingerprint density at radius 3 is 2.26 bits per heavy atom. The molecular weight excluding hydrogens is 474 g/mol. The van der Waals surface area contributed by atoms with E-state index in [-0.39, 0.29) is 45.5 Å². The molecule has 3 rings (SSSR count). The standard InChI is InChI=1S/C24H25N3O7S/c1-5-35(30,31)19-9-7-18(8-10-19)34-22-13-17(12-21(27-22)33-15(2)3)23(28)26-20-11-6-16(14-25-20)24(29)32-4/h6-15H,5H2,1-4H3,(H,25,26,28). The highest BCUT2D eigenvalue weighted by Gasteiger charge is 2.16. The van der Waals surface area contributed by atoms with Crippen LogP contribution in [0.5, 0.6) is 17.5 Å². The number of rotatable bonds is 9. The second-order valence-electron chi connectivity index (χ2n) is 7.55. The van der Waals surface area contributed by atoms with Crippen LogP contribution < -0.4 is 14.8 Å². The molecule has 0 saturated carbocycles. The molecule has 0 unspecified atom stereocenters. The van der Waals surface area contributed by atoms with E-state index in [0.29, 0.717) is 5.75 Å². The van der Waals surface area contributed by atoms with E-state index in [1.54, 1.807) is 6.92 Å². The van der Waals surface area contributed by atoms with Crippen molar-refractivity contribution in [3.63, 3.8) is 0 Å². The van der Waals surface area contributed by atoms with E-state index in [4.69, 9.17) is 9.47 Å². The summed E-state index contributed by atoms with van der Waals surface area (Å²) in [5.41, 5.74) is 0.435. The van der Waals surface area contributed by atoms with Crippen LogP contribution in [0.15, 0.2) is 59.6 Å². The molecule has 1 amide bonds. The highest BCUT2D eigenvalue weighted by molar-refractivity contribution is 7.91. The van der Waals surface area contributed by atoms with Gasteiger partial charge in [0.05, 0.1) is 35.0 Å². The number of amides is 1. The number of aromatic nitrogens is 2. The van der Waals surface area contributed by atoms with Gasteiger partial charge in [-0.05, 0) is 50.2 Å². The predicted octanol–water partition coefficient (Wildman–Crippen LogP) is 3.89. The van der Waals surface area contributed by atoms with Gasteiger partial charge in [0.25, 0.3) is 5.91 Å². The zero-order valence-corrected chi connectivity index (χ0v) is 20.5. The van der Waals surface area contributed by atoms with Gasteiger partial charge in [-0.15, -0.1) is 0 Å². The van der Waals surface area contributed by atoms with Crippen molar-refractivity contribution in [1.29, 1.82) is 0 Å². The average molecular weight is 500 g/mol. The Kier molecular flexibility index (Phi) is 8.02. The molecule has 2 aromatic heterocycles. The fourth-order valence-corrected chi connectivity index (χ4v) is 3.75. The topological polar surface area (TPSA) is 134 Å². The summed E-state index contributed by atoms with van der Waals surface area (Å²) in [4.78, 5) is 32.9. The summed E-state index contributed by atoms with van der Waals surface area (Å²) in [5, 5.41) is 2.64. The molecule has 0 fully saturated rings. The van der Waals surface area contributed by atoms with Crippen LogP contribution in [0.25, 0.3) is 0 Å². The number of sulfone groups is 1. The van der Waals surface area contributed by atoms with Crippen LogP contribution in [0, 0.1) is 0 Å². The number of pyridine rings is 2. The molecule has 0 saturated heterocycles. The van der Waals surface area contributed by atoms with Crippen molar-refractivity contribution in [2.75, 3.05) is 18.2 Å². The SMILES string of the molecule is CCS(=O)(=O)c1ccc(Oc2cc(C(=O)Nc3ccc(C(=O)OC)cn3)cc(OC(C)C)n2)cc1. The normalized spacial score (nSPS) is 11.1. The van der Waals surface area contributed by atoms with Crippen molar-refractivity contribution in [2.45, 2.75) is 31.8 Å². The number of anilines is 1. The highest BCUT2D eigenvalue weighted by Crippen LogP contribution is 2.26. The molecule has 3 aromatic rings. The average Bonchev–Trinajstić information content (AvgIpc) is 2.83. The molecule has 0 aliphatic carbocycles. The van der Waals surface area contributed by atoms with Crippen LogP contribution in [0.4, 0.5) is 5.82 Å². The van der Waals surface area contributed by atoms with E-state index >= 15 is 0 Å². The van der Waals surface area contributed by atoms with E-state index in [0.717, 1.165) is 0 Å². The first kappa shape index (κ1) is 25.6. The lowest BCUT2D eigenvalue weighted by Gasteiger charge is -2.13. The number of benzene rings is 1. The summed E-state index contributed by atoms with van der Waals surface area (Å²) < 4.78 is 40.1. The second kappa shape index (κ2) is 11.0. The predicted molar refractivity (Wildman–Crippen MR) is 128 cm³/mol. The minimum atomic E-state index is -3.34. The molecule has 1 N–H and O–H groups in total. The van der Waals surface area contributed by atoms with Crippen LogP contribution in [0.1, 0.15) is 41.5 Å². The van der Waals surface area contributed by atoms with Gasteiger partial charge in [0.2, 0.25) is 11.8 Å². The zero-order chi connectivity index (χ0) is 25.6. The number of nitrogens with zero attached hydrogens (tertiary/aromatic N) is 2. The fraction of sp³-hybridized carbons (Fsp3) is 0.250. The van der Waals surface area contributed by atoms with E-state index < -0.39 is 21.7 Å². The summed E-state index contributed by atoms with van der Waals surface area (Å²) in [6, 6.07) is 11.7. The molecule has 0 aliphatic rings. The third kappa shape index (κ3) is 6.76. The van der Waals surface area contributed by atoms with Gasteiger partial charge in [0, 0.05) is 18.3 Å².